The number of likely N-dealkylation sites (N-methyl/N-ethyl adjacent to an activating group) is 1. The number of Topliss-reactive ketones (excluding diaryl/α,β-unsaturated/α-hetero) is 1. The number of carbonyl (C=O) groups excluding carboxylic acids is 1. The molecule has 0 heterocycles. The molecule has 1 unspecified atom stereocenters. The minimum Gasteiger partial charge on any atom is -0.307 e. The zero-order chi connectivity index (χ0) is 12.8. The van der Waals surface area contributed by atoms with Gasteiger partial charge in [-0.05, 0) is 30.9 Å². The summed E-state index contributed by atoms with van der Waals surface area (Å²) in [6.07, 6.45) is 2.03. The molecule has 0 spiro atoms. The summed E-state index contributed by atoms with van der Waals surface area (Å²) in [5.74, 6) is 0.497. The van der Waals surface area contributed by atoms with Crippen molar-refractivity contribution >= 4 is 17.5 Å². The highest BCUT2D eigenvalue weighted by atomic mass is 32.2. The Kier molecular flexibility index (Phi) is 5.72. The van der Waals surface area contributed by atoms with Crippen LogP contribution in [0.15, 0.2) is 29.2 Å². The zero-order valence-electron chi connectivity index (χ0n) is 11.0. The van der Waals surface area contributed by atoms with E-state index in [1.165, 1.54) is 4.90 Å². The average molecular weight is 251 g/mol. The fraction of sp³-hybridized carbons (Fsp3) is 0.500. The summed E-state index contributed by atoms with van der Waals surface area (Å²) >= 11 is 1.69. The minimum absolute atomic E-state index is 0.0832. The summed E-state index contributed by atoms with van der Waals surface area (Å²) in [6.45, 7) is 6.99. The van der Waals surface area contributed by atoms with Gasteiger partial charge in [-0.2, -0.15) is 0 Å². The predicted octanol–water partition coefficient (Wildman–Crippen LogP) is 3.23. The molecule has 1 aromatic rings. The van der Waals surface area contributed by atoms with Gasteiger partial charge in [-0.25, -0.2) is 0 Å². The molecule has 0 aliphatic carbocycles. The average Bonchev–Trinajstić information content (AvgIpc) is 2.35. The first-order valence-corrected chi connectivity index (χ1v) is 7.24. The number of ketones is 1. The fourth-order valence-electron chi connectivity index (χ4n) is 1.79. The van der Waals surface area contributed by atoms with Crippen molar-refractivity contribution in [3.8, 4) is 0 Å². The van der Waals surface area contributed by atoms with Crippen molar-refractivity contribution in [3.63, 3.8) is 0 Å². The topological polar surface area (TPSA) is 29.1 Å². The number of carbonyl (C=O) groups is 1. The van der Waals surface area contributed by atoms with Crippen LogP contribution in [-0.2, 0) is 0 Å². The molecule has 1 rings (SSSR count). The summed E-state index contributed by atoms with van der Waals surface area (Å²) in [4.78, 5) is 13.5. The van der Waals surface area contributed by atoms with E-state index in [1.54, 1.807) is 11.8 Å². The van der Waals surface area contributed by atoms with Gasteiger partial charge in [-0.15, -0.1) is 11.8 Å². The van der Waals surface area contributed by atoms with Gasteiger partial charge in [-0.1, -0.05) is 32.9 Å². The van der Waals surface area contributed by atoms with E-state index in [2.05, 4.69) is 19.2 Å². The third-order valence-corrected chi connectivity index (χ3v) is 3.49. The van der Waals surface area contributed by atoms with Crippen LogP contribution in [0.4, 0.5) is 0 Å². The Labute approximate surface area is 108 Å². The molecule has 17 heavy (non-hydrogen) atoms. The van der Waals surface area contributed by atoms with E-state index >= 15 is 0 Å². The van der Waals surface area contributed by atoms with Gasteiger partial charge in [0.25, 0.3) is 0 Å². The third-order valence-electron chi connectivity index (χ3n) is 2.75. The van der Waals surface area contributed by atoms with Crippen molar-refractivity contribution in [2.75, 3.05) is 12.8 Å². The van der Waals surface area contributed by atoms with Crippen LogP contribution in [0, 0.1) is 5.92 Å². The van der Waals surface area contributed by atoms with Crippen LogP contribution in [0.25, 0.3) is 0 Å². The molecule has 0 radical (unpaired) electrons. The molecule has 1 N–H and O–H groups in total. The quantitative estimate of drug-likeness (QED) is 0.622. The highest BCUT2D eigenvalue weighted by molar-refractivity contribution is 7.98. The van der Waals surface area contributed by atoms with E-state index in [4.69, 9.17) is 0 Å². The summed E-state index contributed by atoms with van der Waals surface area (Å²) in [5.41, 5.74) is 0.794. The molecule has 0 saturated carbocycles. The van der Waals surface area contributed by atoms with Gasteiger partial charge >= 0.3 is 0 Å². The number of nitrogens with one attached hydrogen (secondary N) is 1. The lowest BCUT2D eigenvalue weighted by atomic mass is 9.95. The monoisotopic (exact) mass is 251 g/mol. The number of hydrogen-bond acceptors (Lipinski definition) is 3. The van der Waals surface area contributed by atoms with Gasteiger partial charge < -0.3 is 5.32 Å². The van der Waals surface area contributed by atoms with E-state index in [0.29, 0.717) is 5.92 Å². The Hall–Kier alpha value is -0.800. The van der Waals surface area contributed by atoms with Crippen LogP contribution < -0.4 is 5.32 Å². The van der Waals surface area contributed by atoms with Crippen LogP contribution in [0.3, 0.4) is 0 Å². The van der Waals surface area contributed by atoms with Gasteiger partial charge in [0.05, 0.1) is 6.04 Å². The van der Waals surface area contributed by atoms with E-state index in [-0.39, 0.29) is 11.8 Å². The molecule has 3 heteroatoms. The maximum atomic E-state index is 12.3. The maximum absolute atomic E-state index is 12.3. The molecular weight excluding hydrogens is 230 g/mol. The van der Waals surface area contributed by atoms with Crippen molar-refractivity contribution in [2.24, 2.45) is 5.92 Å². The van der Waals surface area contributed by atoms with Crippen LogP contribution in [-0.4, -0.2) is 24.6 Å². The van der Waals surface area contributed by atoms with E-state index in [0.717, 1.165) is 12.1 Å². The largest absolute Gasteiger partial charge is 0.307 e. The van der Waals surface area contributed by atoms with Gasteiger partial charge in [-0.3, -0.25) is 4.79 Å². The fourth-order valence-corrected chi connectivity index (χ4v) is 2.19. The Bertz CT molecular complexity index is 359. The maximum Gasteiger partial charge on any atom is 0.179 e. The van der Waals surface area contributed by atoms with Crippen molar-refractivity contribution < 1.29 is 4.79 Å². The van der Waals surface area contributed by atoms with Crippen LogP contribution in [0.5, 0.6) is 0 Å². The lowest BCUT2D eigenvalue weighted by molar-refractivity contribution is 0.0918. The molecule has 0 bridgehead atoms. The Balaban J connectivity index is 2.85. The molecule has 0 amide bonds. The van der Waals surface area contributed by atoms with Gasteiger partial charge in [0, 0.05) is 10.5 Å². The van der Waals surface area contributed by atoms with Crippen LogP contribution in [0.2, 0.25) is 0 Å². The molecule has 94 valence electrons. The minimum atomic E-state index is -0.0832. The summed E-state index contributed by atoms with van der Waals surface area (Å²) in [6, 6.07) is 7.75. The highest BCUT2D eigenvalue weighted by Crippen LogP contribution is 2.17. The number of benzene rings is 1. The standard InChI is InChI=1S/C14H21NOS/c1-5-15-13(10(2)3)14(16)11-6-8-12(17-4)9-7-11/h6-10,13,15H,5H2,1-4H3. The van der Waals surface area contributed by atoms with Gasteiger partial charge in [0.15, 0.2) is 5.78 Å². The first-order valence-electron chi connectivity index (χ1n) is 6.01. The molecule has 2 nitrogen and oxygen atoms in total. The lowest BCUT2D eigenvalue weighted by Gasteiger charge is -2.20. The van der Waals surface area contributed by atoms with E-state index < -0.39 is 0 Å². The number of thioether (sulfide) groups is 1. The third kappa shape index (κ3) is 3.86. The second-order valence-electron chi connectivity index (χ2n) is 4.37. The van der Waals surface area contributed by atoms with Crippen molar-refractivity contribution in [1.29, 1.82) is 0 Å². The number of hydrogen-bond donors (Lipinski definition) is 1. The second kappa shape index (κ2) is 6.82. The van der Waals surface area contributed by atoms with E-state index in [9.17, 15) is 4.79 Å². The van der Waals surface area contributed by atoms with Crippen molar-refractivity contribution in [1.82, 2.24) is 5.32 Å². The Morgan fingerprint density at radius 3 is 2.29 bits per heavy atom. The van der Waals surface area contributed by atoms with Crippen LogP contribution in [0.1, 0.15) is 31.1 Å². The Morgan fingerprint density at radius 2 is 1.88 bits per heavy atom. The smallest absolute Gasteiger partial charge is 0.179 e. The lowest BCUT2D eigenvalue weighted by Crippen LogP contribution is -2.40. The van der Waals surface area contributed by atoms with Gasteiger partial charge in [0.2, 0.25) is 0 Å². The SMILES string of the molecule is CCNC(C(=O)c1ccc(SC)cc1)C(C)C. The molecule has 0 aliphatic heterocycles. The summed E-state index contributed by atoms with van der Waals surface area (Å²) < 4.78 is 0. The van der Waals surface area contributed by atoms with Crippen molar-refractivity contribution in [2.45, 2.75) is 31.7 Å². The summed E-state index contributed by atoms with van der Waals surface area (Å²) in [7, 11) is 0. The highest BCUT2D eigenvalue weighted by Gasteiger charge is 2.21. The molecule has 1 atom stereocenters. The zero-order valence-corrected chi connectivity index (χ0v) is 11.8. The molecule has 0 aromatic heterocycles. The normalized spacial score (nSPS) is 12.8. The van der Waals surface area contributed by atoms with Crippen LogP contribution >= 0.6 is 11.8 Å². The number of rotatable bonds is 6. The van der Waals surface area contributed by atoms with Gasteiger partial charge in [0.1, 0.15) is 0 Å². The predicted molar refractivity (Wildman–Crippen MR) is 74.9 cm³/mol. The van der Waals surface area contributed by atoms with Crippen molar-refractivity contribution in [3.05, 3.63) is 29.8 Å². The molecule has 0 saturated heterocycles. The molecule has 0 fully saturated rings. The first kappa shape index (κ1) is 14.3. The summed E-state index contributed by atoms with van der Waals surface area (Å²) in [5, 5.41) is 3.25. The Morgan fingerprint density at radius 1 is 1.29 bits per heavy atom. The first-order chi connectivity index (χ1) is 8.10. The molecule has 0 aliphatic rings. The van der Waals surface area contributed by atoms with E-state index in [1.807, 2.05) is 37.4 Å². The molecular formula is C14H21NOS. The second-order valence-corrected chi connectivity index (χ2v) is 5.25. The molecule has 1 aromatic carbocycles.